The van der Waals surface area contributed by atoms with E-state index in [2.05, 4.69) is 18.8 Å². The highest BCUT2D eigenvalue weighted by Crippen LogP contribution is 2.19. The molecule has 0 saturated carbocycles. The molecule has 4 nitrogen and oxygen atoms in total. The predicted molar refractivity (Wildman–Crippen MR) is 61.7 cm³/mol. The van der Waals surface area contributed by atoms with Gasteiger partial charge < -0.3 is 14.9 Å². The van der Waals surface area contributed by atoms with E-state index in [1.807, 2.05) is 19.1 Å². The number of aliphatic hydroxyl groups is 2. The lowest BCUT2D eigenvalue weighted by atomic mass is 10.0. The summed E-state index contributed by atoms with van der Waals surface area (Å²) in [7, 11) is 0. The summed E-state index contributed by atoms with van der Waals surface area (Å²) >= 11 is 0. The Hall–Kier alpha value is -1.13. The van der Waals surface area contributed by atoms with Crippen LogP contribution in [0.3, 0.4) is 0 Å². The van der Waals surface area contributed by atoms with Crippen LogP contribution in [0.15, 0.2) is 12.1 Å². The normalized spacial score (nSPS) is 12.9. The molecule has 0 spiro atoms. The molecular weight excluding hydrogens is 206 g/mol. The summed E-state index contributed by atoms with van der Waals surface area (Å²) < 4.78 is 5.31. The zero-order valence-electron chi connectivity index (χ0n) is 9.97. The van der Waals surface area contributed by atoms with E-state index < -0.39 is 6.10 Å². The molecule has 1 aromatic heterocycles. The average molecular weight is 225 g/mol. The fraction of sp³-hybridized carbons (Fsp3) is 0.583. The lowest BCUT2D eigenvalue weighted by Crippen LogP contribution is -2.21. The lowest BCUT2D eigenvalue weighted by molar-refractivity contribution is 0.0520. The van der Waals surface area contributed by atoms with Gasteiger partial charge in [-0.05, 0) is 24.5 Å². The number of hydrogen-bond acceptors (Lipinski definition) is 4. The predicted octanol–water partition coefficient (Wildman–Crippen LogP) is 1.25. The van der Waals surface area contributed by atoms with Gasteiger partial charge in [0, 0.05) is 11.8 Å². The Morgan fingerprint density at radius 2 is 2.06 bits per heavy atom. The van der Waals surface area contributed by atoms with Gasteiger partial charge in [-0.25, -0.2) is 4.98 Å². The van der Waals surface area contributed by atoms with Crippen LogP contribution in [-0.2, 0) is 0 Å². The van der Waals surface area contributed by atoms with E-state index in [9.17, 15) is 0 Å². The van der Waals surface area contributed by atoms with Crippen molar-refractivity contribution in [2.75, 3.05) is 13.2 Å². The first kappa shape index (κ1) is 12.9. The Labute approximate surface area is 95.9 Å². The second kappa shape index (κ2) is 5.82. The minimum absolute atomic E-state index is 0.0600. The fourth-order valence-corrected chi connectivity index (χ4v) is 1.31. The fourth-order valence-electron chi connectivity index (χ4n) is 1.31. The maximum absolute atomic E-state index is 9.16. The van der Waals surface area contributed by atoms with Crippen molar-refractivity contribution in [1.29, 1.82) is 0 Å². The topological polar surface area (TPSA) is 62.6 Å². The van der Waals surface area contributed by atoms with Gasteiger partial charge in [-0.3, -0.25) is 0 Å². The minimum atomic E-state index is -0.857. The number of pyridine rings is 1. The van der Waals surface area contributed by atoms with E-state index in [0.717, 1.165) is 11.3 Å². The van der Waals surface area contributed by atoms with Crippen LogP contribution in [0.4, 0.5) is 0 Å². The minimum Gasteiger partial charge on any atom is -0.475 e. The molecule has 1 atom stereocenters. The molecule has 0 saturated heterocycles. The Morgan fingerprint density at radius 3 is 2.62 bits per heavy atom. The standard InChI is InChI=1S/C12H19NO3/c1-8(2)10-4-9(3)13-12(5-10)16-7-11(15)6-14/h4-5,8,11,14-15H,6-7H2,1-3H3/t11-/m0/s1. The molecule has 0 aromatic carbocycles. The molecule has 4 heteroatoms. The first-order chi connectivity index (χ1) is 7.52. The molecule has 2 N–H and O–H groups in total. The number of rotatable bonds is 5. The highest BCUT2D eigenvalue weighted by atomic mass is 16.5. The molecule has 16 heavy (non-hydrogen) atoms. The van der Waals surface area contributed by atoms with Gasteiger partial charge in [-0.2, -0.15) is 0 Å². The molecule has 0 bridgehead atoms. The van der Waals surface area contributed by atoms with E-state index in [-0.39, 0.29) is 13.2 Å². The Balaban J connectivity index is 2.72. The van der Waals surface area contributed by atoms with Crippen LogP contribution in [-0.4, -0.2) is 34.5 Å². The van der Waals surface area contributed by atoms with Crippen LogP contribution < -0.4 is 4.74 Å². The van der Waals surface area contributed by atoms with Crippen molar-refractivity contribution < 1.29 is 14.9 Å². The van der Waals surface area contributed by atoms with Crippen molar-refractivity contribution in [3.05, 3.63) is 23.4 Å². The summed E-state index contributed by atoms with van der Waals surface area (Å²) in [5, 5.41) is 17.8. The third kappa shape index (κ3) is 3.79. The third-order valence-electron chi connectivity index (χ3n) is 2.25. The van der Waals surface area contributed by atoms with Gasteiger partial charge in [-0.1, -0.05) is 13.8 Å². The number of aliphatic hydroxyl groups excluding tert-OH is 2. The number of ether oxygens (including phenoxy) is 1. The maximum Gasteiger partial charge on any atom is 0.213 e. The van der Waals surface area contributed by atoms with Gasteiger partial charge in [0.05, 0.1) is 6.61 Å². The number of aromatic nitrogens is 1. The van der Waals surface area contributed by atoms with Crippen molar-refractivity contribution in [3.8, 4) is 5.88 Å². The molecule has 0 unspecified atom stereocenters. The van der Waals surface area contributed by atoms with Crippen LogP contribution in [0.5, 0.6) is 5.88 Å². The second-order valence-electron chi connectivity index (χ2n) is 4.18. The molecule has 0 amide bonds. The SMILES string of the molecule is Cc1cc(C(C)C)cc(OC[C@@H](O)CO)n1. The third-order valence-corrected chi connectivity index (χ3v) is 2.25. The van der Waals surface area contributed by atoms with Gasteiger partial charge in [-0.15, -0.1) is 0 Å². The largest absolute Gasteiger partial charge is 0.475 e. The number of nitrogens with zero attached hydrogens (tertiary/aromatic N) is 1. The Kier molecular flexibility index (Phi) is 4.71. The van der Waals surface area contributed by atoms with Gasteiger partial charge in [0.2, 0.25) is 5.88 Å². The van der Waals surface area contributed by atoms with Gasteiger partial charge in [0.25, 0.3) is 0 Å². The van der Waals surface area contributed by atoms with E-state index >= 15 is 0 Å². The van der Waals surface area contributed by atoms with Crippen molar-refractivity contribution in [2.45, 2.75) is 32.8 Å². The van der Waals surface area contributed by atoms with E-state index in [4.69, 9.17) is 14.9 Å². The second-order valence-corrected chi connectivity index (χ2v) is 4.18. The summed E-state index contributed by atoms with van der Waals surface area (Å²) in [6.07, 6.45) is -0.857. The number of hydrogen-bond donors (Lipinski definition) is 2. The lowest BCUT2D eigenvalue weighted by Gasteiger charge is -2.12. The van der Waals surface area contributed by atoms with Crippen LogP contribution in [0.2, 0.25) is 0 Å². The van der Waals surface area contributed by atoms with Gasteiger partial charge >= 0.3 is 0 Å². The Morgan fingerprint density at radius 1 is 1.38 bits per heavy atom. The summed E-state index contributed by atoms with van der Waals surface area (Å²) in [4.78, 5) is 4.21. The van der Waals surface area contributed by atoms with Gasteiger partial charge in [0.15, 0.2) is 0 Å². The average Bonchev–Trinajstić information content (AvgIpc) is 2.25. The smallest absolute Gasteiger partial charge is 0.213 e. The first-order valence-electron chi connectivity index (χ1n) is 5.43. The van der Waals surface area contributed by atoms with Crippen LogP contribution in [0, 0.1) is 6.92 Å². The first-order valence-corrected chi connectivity index (χ1v) is 5.43. The molecule has 0 aliphatic rings. The highest BCUT2D eigenvalue weighted by molar-refractivity contribution is 5.26. The molecule has 0 aliphatic heterocycles. The van der Waals surface area contributed by atoms with Crippen molar-refractivity contribution in [2.24, 2.45) is 0 Å². The van der Waals surface area contributed by atoms with Crippen molar-refractivity contribution >= 4 is 0 Å². The molecule has 1 heterocycles. The van der Waals surface area contributed by atoms with E-state index in [1.54, 1.807) is 0 Å². The molecule has 0 radical (unpaired) electrons. The molecule has 0 aliphatic carbocycles. The zero-order valence-corrected chi connectivity index (χ0v) is 9.97. The molecule has 1 aromatic rings. The van der Waals surface area contributed by atoms with Gasteiger partial charge in [0.1, 0.15) is 12.7 Å². The summed E-state index contributed by atoms with van der Waals surface area (Å²) in [5.74, 6) is 0.906. The van der Waals surface area contributed by atoms with Crippen LogP contribution in [0.1, 0.15) is 31.0 Å². The summed E-state index contributed by atoms with van der Waals surface area (Å²) in [6.45, 7) is 5.86. The quantitative estimate of drug-likeness (QED) is 0.791. The summed E-state index contributed by atoms with van der Waals surface area (Å²) in [6, 6.07) is 3.88. The molecule has 1 rings (SSSR count). The van der Waals surface area contributed by atoms with Crippen LogP contribution in [0.25, 0.3) is 0 Å². The van der Waals surface area contributed by atoms with E-state index in [1.165, 1.54) is 0 Å². The molecular formula is C12H19NO3. The maximum atomic E-state index is 9.16. The van der Waals surface area contributed by atoms with Crippen LogP contribution >= 0.6 is 0 Å². The molecule has 0 fully saturated rings. The highest BCUT2D eigenvalue weighted by Gasteiger charge is 2.07. The zero-order chi connectivity index (χ0) is 12.1. The summed E-state index contributed by atoms with van der Waals surface area (Å²) in [5.41, 5.74) is 2.04. The number of aryl methyl sites for hydroxylation is 1. The van der Waals surface area contributed by atoms with Crippen molar-refractivity contribution in [1.82, 2.24) is 4.98 Å². The molecule has 90 valence electrons. The monoisotopic (exact) mass is 225 g/mol. The Bertz CT molecular complexity index is 339. The van der Waals surface area contributed by atoms with E-state index in [0.29, 0.717) is 11.8 Å². The van der Waals surface area contributed by atoms with Crippen molar-refractivity contribution in [3.63, 3.8) is 0 Å².